The van der Waals surface area contributed by atoms with Crippen molar-refractivity contribution in [2.75, 3.05) is 0 Å². The molecule has 1 aliphatic carbocycles. The lowest BCUT2D eigenvalue weighted by Gasteiger charge is -2.13. The fourth-order valence-electron chi connectivity index (χ4n) is 2.77. The molecule has 1 heterocycles. The van der Waals surface area contributed by atoms with E-state index in [0.29, 0.717) is 17.2 Å². The van der Waals surface area contributed by atoms with Crippen molar-refractivity contribution in [3.05, 3.63) is 59.4 Å². The molecule has 5 nitrogen and oxygen atoms in total. The lowest BCUT2D eigenvalue weighted by molar-refractivity contribution is -0.120. The minimum atomic E-state index is -1.59. The lowest BCUT2D eigenvalue weighted by atomic mass is 9.98. The summed E-state index contributed by atoms with van der Waals surface area (Å²) in [5, 5.41) is 0. The molecular formula is C17H19N3O2S. The number of aromatic amines is 1. The largest absolute Gasteiger partial charge is 0.361 e. The zero-order chi connectivity index (χ0) is 16.4. The Morgan fingerprint density at radius 3 is 2.87 bits per heavy atom. The first-order valence-electron chi connectivity index (χ1n) is 7.47. The van der Waals surface area contributed by atoms with Crippen molar-refractivity contribution in [1.29, 1.82) is 0 Å². The lowest BCUT2D eigenvalue weighted by Crippen LogP contribution is -2.42. The van der Waals surface area contributed by atoms with E-state index < -0.39 is 22.9 Å². The van der Waals surface area contributed by atoms with Gasteiger partial charge in [-0.3, -0.25) is 9.52 Å². The first-order chi connectivity index (χ1) is 11.1. The number of nitrogens with one attached hydrogen (secondary N) is 2. The summed E-state index contributed by atoms with van der Waals surface area (Å²) in [5.74, 6) is -0.0966. The van der Waals surface area contributed by atoms with Crippen LogP contribution in [0.25, 0.3) is 6.08 Å². The third-order valence-corrected chi connectivity index (χ3v) is 5.06. The molecule has 0 bridgehead atoms. The van der Waals surface area contributed by atoms with E-state index in [-0.39, 0.29) is 0 Å². The van der Waals surface area contributed by atoms with Crippen LogP contribution in [0.3, 0.4) is 0 Å². The zero-order valence-electron chi connectivity index (χ0n) is 12.8. The molecule has 0 radical (unpaired) electrons. The molecule has 23 heavy (non-hydrogen) atoms. The van der Waals surface area contributed by atoms with Crippen molar-refractivity contribution < 1.29 is 9.00 Å². The van der Waals surface area contributed by atoms with Gasteiger partial charge in [0.05, 0.1) is 10.9 Å². The molecular weight excluding hydrogens is 310 g/mol. The number of H-pyrrole nitrogens is 1. The second-order valence-corrected chi connectivity index (χ2v) is 6.86. The van der Waals surface area contributed by atoms with Gasteiger partial charge < -0.3 is 10.7 Å². The van der Waals surface area contributed by atoms with Crippen LogP contribution in [0.4, 0.5) is 0 Å². The molecule has 0 saturated carbocycles. The van der Waals surface area contributed by atoms with Gasteiger partial charge in [0, 0.05) is 17.8 Å². The Morgan fingerprint density at radius 2 is 2.13 bits per heavy atom. The SMILES string of the molecule is CC1C=Cc2[nH]cc(CC(N)C(=O)NS(=O)c3ccccc3)c21. The van der Waals surface area contributed by atoms with E-state index in [0.717, 1.165) is 11.3 Å². The standard InChI is InChI=1S/C17H19N3O2S/c1-11-7-8-15-16(11)12(10-19-15)9-14(18)17(21)20-23(22)13-5-3-2-4-6-13/h2-8,10-11,14,19H,9,18H2,1H3,(H,20,21). The monoisotopic (exact) mass is 329 g/mol. The molecule has 2 aromatic rings. The maximum Gasteiger partial charge on any atom is 0.249 e. The average Bonchev–Trinajstić information content (AvgIpc) is 3.12. The molecule has 3 unspecified atom stereocenters. The van der Waals surface area contributed by atoms with Gasteiger partial charge in [0.25, 0.3) is 0 Å². The van der Waals surface area contributed by atoms with E-state index >= 15 is 0 Å². The predicted molar refractivity (Wildman–Crippen MR) is 90.9 cm³/mol. The van der Waals surface area contributed by atoms with Crippen molar-refractivity contribution in [3.8, 4) is 0 Å². The molecule has 0 aliphatic heterocycles. The molecule has 1 aromatic heterocycles. The second kappa shape index (κ2) is 6.52. The summed E-state index contributed by atoms with van der Waals surface area (Å²) in [7, 11) is -1.59. The zero-order valence-corrected chi connectivity index (χ0v) is 13.6. The summed E-state index contributed by atoms with van der Waals surface area (Å²) in [6.07, 6.45) is 6.46. The van der Waals surface area contributed by atoms with Gasteiger partial charge in [-0.2, -0.15) is 0 Å². The van der Waals surface area contributed by atoms with Crippen molar-refractivity contribution in [2.24, 2.45) is 5.73 Å². The van der Waals surface area contributed by atoms with Crippen molar-refractivity contribution in [2.45, 2.75) is 30.2 Å². The molecule has 120 valence electrons. The molecule has 6 heteroatoms. The van der Waals surface area contributed by atoms with E-state index in [1.807, 2.05) is 18.3 Å². The van der Waals surface area contributed by atoms with Crippen LogP contribution in [0.2, 0.25) is 0 Å². The van der Waals surface area contributed by atoms with Crippen LogP contribution in [0, 0.1) is 0 Å². The topological polar surface area (TPSA) is 88.0 Å². The number of allylic oxidation sites excluding steroid dienone is 1. The number of fused-ring (bicyclic) bond motifs is 1. The number of nitrogens with two attached hydrogens (primary N) is 1. The van der Waals surface area contributed by atoms with Crippen molar-refractivity contribution in [1.82, 2.24) is 9.71 Å². The molecule has 0 saturated heterocycles. The Balaban J connectivity index is 1.64. The summed E-state index contributed by atoms with van der Waals surface area (Å²) in [6.45, 7) is 2.11. The van der Waals surface area contributed by atoms with E-state index in [9.17, 15) is 9.00 Å². The minimum absolute atomic E-state index is 0.319. The van der Waals surface area contributed by atoms with E-state index in [4.69, 9.17) is 5.73 Å². The fraction of sp³-hybridized carbons (Fsp3) is 0.235. The maximum atomic E-state index is 12.2. The molecule has 1 amide bonds. The van der Waals surface area contributed by atoms with Crippen LogP contribution in [-0.4, -0.2) is 21.1 Å². The first-order valence-corrected chi connectivity index (χ1v) is 8.62. The van der Waals surface area contributed by atoms with Crippen LogP contribution in [0.15, 0.2) is 47.5 Å². The summed E-state index contributed by atoms with van der Waals surface area (Å²) < 4.78 is 14.6. The predicted octanol–water partition coefficient (Wildman–Crippen LogP) is 1.85. The number of benzene rings is 1. The molecule has 0 spiro atoms. The van der Waals surface area contributed by atoms with Gasteiger partial charge in [-0.25, -0.2) is 4.21 Å². The second-order valence-electron chi connectivity index (χ2n) is 5.65. The van der Waals surface area contributed by atoms with Crippen LogP contribution < -0.4 is 10.5 Å². The Hall–Kier alpha value is -2.18. The molecule has 0 fully saturated rings. The maximum absolute atomic E-state index is 12.2. The number of hydrogen-bond donors (Lipinski definition) is 3. The van der Waals surface area contributed by atoms with E-state index in [1.54, 1.807) is 24.3 Å². The van der Waals surface area contributed by atoms with E-state index in [2.05, 4.69) is 22.7 Å². The summed E-state index contributed by atoms with van der Waals surface area (Å²) in [6, 6.07) is 8.04. The van der Waals surface area contributed by atoms with Gasteiger partial charge >= 0.3 is 0 Å². The average molecular weight is 329 g/mol. The highest BCUT2D eigenvalue weighted by Crippen LogP contribution is 2.32. The number of hydrogen-bond acceptors (Lipinski definition) is 3. The quantitative estimate of drug-likeness (QED) is 0.782. The van der Waals surface area contributed by atoms with Crippen LogP contribution >= 0.6 is 0 Å². The van der Waals surface area contributed by atoms with Gasteiger partial charge in [-0.15, -0.1) is 0 Å². The number of carbonyl (C=O) groups is 1. The molecule has 4 N–H and O–H groups in total. The molecule has 1 aliphatic rings. The fourth-order valence-corrected chi connectivity index (χ4v) is 3.63. The van der Waals surface area contributed by atoms with Gasteiger partial charge in [-0.05, 0) is 35.8 Å². The van der Waals surface area contributed by atoms with Crippen LogP contribution in [0.5, 0.6) is 0 Å². The molecule has 1 aromatic carbocycles. The Morgan fingerprint density at radius 1 is 1.39 bits per heavy atom. The number of rotatable bonds is 5. The van der Waals surface area contributed by atoms with Crippen molar-refractivity contribution in [3.63, 3.8) is 0 Å². The molecule has 3 atom stereocenters. The number of carbonyl (C=O) groups excluding carboxylic acids is 1. The summed E-state index contributed by atoms with van der Waals surface area (Å²) >= 11 is 0. The Bertz CT molecular complexity index is 767. The van der Waals surface area contributed by atoms with Gasteiger partial charge in [0.15, 0.2) is 11.0 Å². The number of aromatic nitrogens is 1. The normalized spacial score (nSPS) is 18.4. The Labute approximate surface area is 137 Å². The highest BCUT2D eigenvalue weighted by atomic mass is 32.2. The smallest absolute Gasteiger partial charge is 0.249 e. The number of amides is 1. The first kappa shape index (κ1) is 15.7. The van der Waals surface area contributed by atoms with Gasteiger partial charge in [0.1, 0.15) is 0 Å². The third kappa shape index (κ3) is 3.28. The van der Waals surface area contributed by atoms with Crippen LogP contribution in [-0.2, 0) is 22.2 Å². The highest BCUT2D eigenvalue weighted by molar-refractivity contribution is 7.83. The summed E-state index contributed by atoms with van der Waals surface area (Å²) in [4.78, 5) is 15.9. The Kier molecular flexibility index (Phi) is 4.45. The minimum Gasteiger partial charge on any atom is -0.361 e. The van der Waals surface area contributed by atoms with E-state index in [1.165, 1.54) is 5.56 Å². The van der Waals surface area contributed by atoms with Gasteiger partial charge in [0.2, 0.25) is 5.91 Å². The third-order valence-electron chi connectivity index (χ3n) is 3.97. The van der Waals surface area contributed by atoms with Crippen LogP contribution in [0.1, 0.15) is 29.7 Å². The highest BCUT2D eigenvalue weighted by Gasteiger charge is 2.23. The summed E-state index contributed by atoms with van der Waals surface area (Å²) in [5.41, 5.74) is 9.30. The van der Waals surface area contributed by atoms with Crippen molar-refractivity contribution >= 4 is 23.0 Å². The molecule has 3 rings (SSSR count). The van der Waals surface area contributed by atoms with Gasteiger partial charge in [-0.1, -0.05) is 31.2 Å².